The highest BCUT2D eigenvalue weighted by Gasteiger charge is 2.40. The summed E-state index contributed by atoms with van der Waals surface area (Å²) in [7, 11) is 0. The second-order valence-electron chi connectivity index (χ2n) is 8.53. The summed E-state index contributed by atoms with van der Waals surface area (Å²) in [6.07, 6.45) is 6.03. The van der Waals surface area contributed by atoms with Crippen LogP contribution in [0.1, 0.15) is 46.0 Å². The molecule has 2 aromatic rings. The lowest BCUT2D eigenvalue weighted by Gasteiger charge is -2.29. The molecule has 2 bridgehead atoms. The monoisotopic (exact) mass is 362 g/mol. The van der Waals surface area contributed by atoms with Crippen LogP contribution in [0.25, 0.3) is 0 Å². The van der Waals surface area contributed by atoms with E-state index in [4.69, 9.17) is 0 Å². The van der Waals surface area contributed by atoms with Crippen LogP contribution in [-0.4, -0.2) is 11.9 Å². The average Bonchev–Trinajstić information content (AvgIpc) is 3.27. The van der Waals surface area contributed by atoms with Gasteiger partial charge in [-0.25, -0.2) is 0 Å². The van der Waals surface area contributed by atoms with Crippen molar-refractivity contribution in [2.24, 2.45) is 17.8 Å². The highest BCUT2D eigenvalue weighted by atomic mass is 16.1. The van der Waals surface area contributed by atoms with Crippen LogP contribution >= 0.6 is 0 Å². The zero-order valence-electron chi connectivity index (χ0n) is 16.4. The third-order valence-electron chi connectivity index (χ3n) is 6.31. The number of anilines is 3. The lowest BCUT2D eigenvalue weighted by Crippen LogP contribution is -2.25. The molecule has 2 saturated carbocycles. The molecule has 1 amide bonds. The summed E-state index contributed by atoms with van der Waals surface area (Å²) in [6.45, 7) is 4.38. The van der Waals surface area contributed by atoms with Gasteiger partial charge in [0.25, 0.3) is 0 Å². The van der Waals surface area contributed by atoms with Gasteiger partial charge < -0.3 is 10.2 Å². The molecule has 142 valence electrons. The molecule has 0 heterocycles. The largest absolute Gasteiger partial charge is 0.339 e. The zero-order valence-corrected chi connectivity index (χ0v) is 16.4. The Hall–Kier alpha value is -2.29. The van der Waals surface area contributed by atoms with Gasteiger partial charge in [0.15, 0.2) is 0 Å². The number of hydrogen-bond donors (Lipinski definition) is 1. The molecule has 4 rings (SSSR count). The first kappa shape index (κ1) is 18.1. The molecular weight excluding hydrogens is 332 g/mol. The molecule has 3 atom stereocenters. The normalized spacial score (nSPS) is 23.6. The van der Waals surface area contributed by atoms with Crippen molar-refractivity contribution in [1.82, 2.24) is 0 Å². The van der Waals surface area contributed by atoms with E-state index in [0.29, 0.717) is 18.4 Å². The molecule has 2 fully saturated rings. The summed E-state index contributed by atoms with van der Waals surface area (Å²) < 4.78 is 0. The van der Waals surface area contributed by atoms with Crippen molar-refractivity contribution in [1.29, 1.82) is 0 Å². The first-order valence-electron chi connectivity index (χ1n) is 10.3. The summed E-state index contributed by atoms with van der Waals surface area (Å²) in [5.74, 6) is 2.47. The Labute approximate surface area is 162 Å². The van der Waals surface area contributed by atoms with Gasteiger partial charge in [0, 0.05) is 29.5 Å². The number of carbonyl (C=O) groups is 1. The molecule has 0 spiro atoms. The van der Waals surface area contributed by atoms with E-state index in [1.54, 1.807) is 0 Å². The van der Waals surface area contributed by atoms with Crippen molar-refractivity contribution in [3.63, 3.8) is 0 Å². The lowest BCUT2D eigenvalue weighted by molar-refractivity contribution is -0.117. The van der Waals surface area contributed by atoms with Crippen LogP contribution in [0.5, 0.6) is 0 Å². The summed E-state index contributed by atoms with van der Waals surface area (Å²) >= 11 is 0. The first-order valence-corrected chi connectivity index (χ1v) is 10.3. The van der Waals surface area contributed by atoms with Crippen LogP contribution in [-0.2, 0) is 4.79 Å². The van der Waals surface area contributed by atoms with E-state index < -0.39 is 0 Å². The van der Waals surface area contributed by atoms with E-state index in [1.807, 2.05) is 18.2 Å². The van der Waals surface area contributed by atoms with Crippen molar-refractivity contribution in [3.05, 3.63) is 54.6 Å². The third-order valence-corrected chi connectivity index (χ3v) is 6.31. The second-order valence-corrected chi connectivity index (χ2v) is 8.53. The van der Waals surface area contributed by atoms with Gasteiger partial charge in [0.05, 0.1) is 0 Å². The van der Waals surface area contributed by atoms with Gasteiger partial charge in [-0.1, -0.05) is 24.6 Å². The Kier molecular flexibility index (Phi) is 5.20. The number of para-hydroxylation sites is 1. The van der Waals surface area contributed by atoms with Crippen molar-refractivity contribution in [3.8, 4) is 0 Å². The SMILES string of the molecule is CC(C)N(c1ccccc1)c1ccc(NC(=O)C[C@@H]2C[C@H]3CC[C@@H]2C3)cc1. The van der Waals surface area contributed by atoms with Crippen LogP contribution in [0.4, 0.5) is 17.1 Å². The van der Waals surface area contributed by atoms with Crippen molar-refractivity contribution in [2.45, 2.75) is 52.0 Å². The minimum absolute atomic E-state index is 0.170. The highest BCUT2D eigenvalue weighted by Crippen LogP contribution is 2.49. The predicted molar refractivity (Wildman–Crippen MR) is 112 cm³/mol. The number of rotatable bonds is 6. The fourth-order valence-electron chi connectivity index (χ4n) is 5.12. The van der Waals surface area contributed by atoms with Crippen molar-refractivity contribution >= 4 is 23.0 Å². The smallest absolute Gasteiger partial charge is 0.224 e. The van der Waals surface area contributed by atoms with Crippen LogP contribution in [0.15, 0.2) is 54.6 Å². The summed E-state index contributed by atoms with van der Waals surface area (Å²) in [6, 6.07) is 19.0. The van der Waals surface area contributed by atoms with Crippen molar-refractivity contribution < 1.29 is 4.79 Å². The number of benzene rings is 2. The van der Waals surface area contributed by atoms with Crippen LogP contribution < -0.4 is 10.2 Å². The first-order chi connectivity index (χ1) is 13.1. The Bertz CT molecular complexity index is 769. The number of amides is 1. The molecule has 0 radical (unpaired) electrons. The van der Waals surface area contributed by atoms with Crippen LogP contribution in [0.3, 0.4) is 0 Å². The second kappa shape index (κ2) is 7.75. The Morgan fingerprint density at radius 3 is 2.30 bits per heavy atom. The van der Waals surface area contributed by atoms with E-state index >= 15 is 0 Å². The molecule has 0 aliphatic heterocycles. The number of nitrogens with one attached hydrogen (secondary N) is 1. The van der Waals surface area contributed by atoms with Gasteiger partial charge in [-0.3, -0.25) is 4.79 Å². The molecule has 2 aliphatic carbocycles. The summed E-state index contributed by atoms with van der Waals surface area (Å²) in [5, 5.41) is 3.11. The average molecular weight is 363 g/mol. The Morgan fingerprint density at radius 1 is 1.00 bits per heavy atom. The molecule has 3 heteroatoms. The molecule has 2 aliphatic rings. The molecule has 0 aromatic heterocycles. The summed E-state index contributed by atoms with van der Waals surface area (Å²) in [4.78, 5) is 14.8. The van der Waals surface area contributed by atoms with Crippen LogP contribution in [0.2, 0.25) is 0 Å². The van der Waals surface area contributed by atoms with E-state index in [0.717, 1.165) is 23.2 Å². The Balaban J connectivity index is 1.40. The van der Waals surface area contributed by atoms with E-state index in [-0.39, 0.29) is 5.91 Å². The molecular formula is C24H30N2O. The molecule has 0 unspecified atom stereocenters. The maximum absolute atomic E-state index is 12.5. The van der Waals surface area contributed by atoms with Gasteiger partial charge >= 0.3 is 0 Å². The molecule has 27 heavy (non-hydrogen) atoms. The third kappa shape index (κ3) is 4.02. The molecule has 1 N–H and O–H groups in total. The fourth-order valence-corrected chi connectivity index (χ4v) is 5.12. The molecule has 0 saturated heterocycles. The predicted octanol–water partition coefficient (Wildman–Crippen LogP) is 6.00. The Morgan fingerprint density at radius 2 is 1.70 bits per heavy atom. The molecule has 3 nitrogen and oxygen atoms in total. The van der Waals surface area contributed by atoms with Gasteiger partial charge in [-0.15, -0.1) is 0 Å². The number of hydrogen-bond acceptors (Lipinski definition) is 2. The maximum Gasteiger partial charge on any atom is 0.224 e. The number of nitrogens with zero attached hydrogens (tertiary/aromatic N) is 1. The quantitative estimate of drug-likeness (QED) is 0.684. The molecule has 2 aromatic carbocycles. The lowest BCUT2D eigenvalue weighted by atomic mass is 9.86. The summed E-state index contributed by atoms with van der Waals surface area (Å²) in [5.41, 5.74) is 3.21. The van der Waals surface area contributed by atoms with Gasteiger partial charge in [-0.05, 0) is 87.3 Å². The number of carbonyl (C=O) groups excluding carboxylic acids is 1. The van der Waals surface area contributed by atoms with E-state index in [2.05, 4.69) is 60.5 Å². The highest BCUT2D eigenvalue weighted by molar-refractivity contribution is 5.91. The topological polar surface area (TPSA) is 32.3 Å². The maximum atomic E-state index is 12.5. The standard InChI is InChI=1S/C24H30N2O/c1-17(2)26(22-6-4-3-5-7-22)23-12-10-21(11-13-23)25-24(27)16-20-15-18-8-9-19(20)14-18/h3-7,10-13,17-20H,8-9,14-16H2,1-2H3,(H,25,27)/t18-,19+,20-/m0/s1. The van der Waals surface area contributed by atoms with Gasteiger partial charge in [-0.2, -0.15) is 0 Å². The van der Waals surface area contributed by atoms with Gasteiger partial charge in [0.2, 0.25) is 5.91 Å². The van der Waals surface area contributed by atoms with Gasteiger partial charge in [0.1, 0.15) is 0 Å². The minimum atomic E-state index is 0.170. The van der Waals surface area contributed by atoms with E-state index in [1.165, 1.54) is 31.4 Å². The van der Waals surface area contributed by atoms with Crippen molar-refractivity contribution in [2.75, 3.05) is 10.2 Å². The number of fused-ring (bicyclic) bond motifs is 2. The van der Waals surface area contributed by atoms with Crippen LogP contribution in [0, 0.1) is 17.8 Å². The minimum Gasteiger partial charge on any atom is -0.339 e. The zero-order chi connectivity index (χ0) is 18.8. The fraction of sp³-hybridized carbons (Fsp3) is 0.458. The van der Waals surface area contributed by atoms with E-state index in [9.17, 15) is 4.79 Å².